The molecule has 0 aromatic carbocycles. The van der Waals surface area contributed by atoms with Crippen molar-refractivity contribution in [3.8, 4) is 0 Å². The molecule has 168 valence electrons. The molecule has 2 N–H and O–H groups in total. The topological polar surface area (TPSA) is 73.9 Å². The summed E-state index contributed by atoms with van der Waals surface area (Å²) in [7, 11) is 0. The molecular formula is C23H38N4O3. The van der Waals surface area contributed by atoms with Gasteiger partial charge in [-0.15, -0.1) is 0 Å². The monoisotopic (exact) mass is 418 g/mol. The zero-order valence-corrected chi connectivity index (χ0v) is 18.4. The number of carbonyl (C=O) groups excluding carboxylic acids is 2. The molecule has 5 rings (SSSR count). The summed E-state index contributed by atoms with van der Waals surface area (Å²) >= 11 is 0. The van der Waals surface area contributed by atoms with Crippen LogP contribution < -0.4 is 10.7 Å². The fourth-order valence-corrected chi connectivity index (χ4v) is 6.42. The van der Waals surface area contributed by atoms with Crippen LogP contribution >= 0.6 is 0 Å². The van der Waals surface area contributed by atoms with E-state index in [2.05, 4.69) is 15.8 Å². The Bertz CT molecular complexity index is 651. The first-order chi connectivity index (χ1) is 14.5. The summed E-state index contributed by atoms with van der Waals surface area (Å²) in [5.74, 6) is 1.70. The number of hydrogen-bond acceptors (Lipinski definition) is 6. The third-order valence-electron chi connectivity index (χ3n) is 8.50. The van der Waals surface area contributed by atoms with Crippen LogP contribution in [-0.2, 0) is 14.3 Å². The Labute approximate surface area is 180 Å². The number of ether oxygens (including phenoxy) is 1. The number of hydrazine groups is 1. The van der Waals surface area contributed by atoms with Crippen molar-refractivity contribution in [3.05, 3.63) is 0 Å². The SMILES string of the molecule is CC1(C(=O)C2CCN(C(=O)C3CCC(C4CCC5NCCN5N4)CC3)CC2)COC1. The molecule has 7 nitrogen and oxygen atoms in total. The third-order valence-corrected chi connectivity index (χ3v) is 8.50. The Kier molecular flexibility index (Phi) is 5.90. The van der Waals surface area contributed by atoms with Gasteiger partial charge in [-0.1, -0.05) is 0 Å². The minimum absolute atomic E-state index is 0.111. The number of likely N-dealkylation sites (tertiary alicyclic amines) is 1. The number of rotatable bonds is 4. The number of fused-ring (bicyclic) bond motifs is 1. The Morgan fingerprint density at radius 3 is 2.30 bits per heavy atom. The summed E-state index contributed by atoms with van der Waals surface area (Å²) < 4.78 is 5.27. The predicted octanol–water partition coefficient (Wildman–Crippen LogP) is 1.54. The van der Waals surface area contributed by atoms with Crippen molar-refractivity contribution in [2.45, 2.75) is 70.5 Å². The first-order valence-corrected chi connectivity index (χ1v) is 12.2. The third kappa shape index (κ3) is 3.94. The first-order valence-electron chi connectivity index (χ1n) is 12.2. The highest BCUT2D eigenvalue weighted by Crippen LogP contribution is 2.37. The summed E-state index contributed by atoms with van der Waals surface area (Å²) in [5, 5.41) is 5.95. The Morgan fingerprint density at radius 1 is 0.900 bits per heavy atom. The summed E-state index contributed by atoms with van der Waals surface area (Å²) in [4.78, 5) is 27.9. The van der Waals surface area contributed by atoms with E-state index in [9.17, 15) is 9.59 Å². The molecule has 4 aliphatic heterocycles. The Morgan fingerprint density at radius 2 is 1.63 bits per heavy atom. The second kappa shape index (κ2) is 8.49. The highest BCUT2D eigenvalue weighted by molar-refractivity contribution is 5.88. The molecule has 0 spiro atoms. The number of nitrogens with one attached hydrogen (secondary N) is 2. The van der Waals surface area contributed by atoms with Crippen LogP contribution in [0.5, 0.6) is 0 Å². The quantitative estimate of drug-likeness (QED) is 0.721. The van der Waals surface area contributed by atoms with E-state index in [1.165, 1.54) is 12.8 Å². The molecule has 0 radical (unpaired) electrons. The van der Waals surface area contributed by atoms with E-state index >= 15 is 0 Å². The molecule has 0 aromatic heterocycles. The van der Waals surface area contributed by atoms with Gasteiger partial charge in [0, 0.05) is 44.1 Å². The molecular weight excluding hydrogens is 380 g/mol. The fraction of sp³-hybridized carbons (Fsp3) is 0.913. The summed E-state index contributed by atoms with van der Waals surface area (Å²) in [5.41, 5.74) is 3.49. The number of amides is 1. The molecule has 5 aliphatic rings. The predicted molar refractivity (Wildman–Crippen MR) is 113 cm³/mol. The molecule has 7 heteroatoms. The second-order valence-electron chi connectivity index (χ2n) is 10.6. The van der Waals surface area contributed by atoms with Gasteiger partial charge in [0.1, 0.15) is 5.78 Å². The van der Waals surface area contributed by atoms with Gasteiger partial charge in [0.05, 0.1) is 24.8 Å². The van der Waals surface area contributed by atoms with Crippen molar-refractivity contribution < 1.29 is 14.3 Å². The summed E-state index contributed by atoms with van der Waals surface area (Å²) in [6.45, 7) is 6.84. The van der Waals surface area contributed by atoms with Crippen molar-refractivity contribution in [3.63, 3.8) is 0 Å². The van der Waals surface area contributed by atoms with Crippen molar-refractivity contribution in [2.24, 2.45) is 23.2 Å². The molecule has 4 heterocycles. The zero-order chi connectivity index (χ0) is 20.7. The van der Waals surface area contributed by atoms with E-state index in [0.29, 0.717) is 43.0 Å². The van der Waals surface area contributed by atoms with Crippen molar-refractivity contribution in [1.82, 2.24) is 20.7 Å². The summed E-state index contributed by atoms with van der Waals surface area (Å²) in [6.07, 6.45) is 9.01. The number of Topliss-reactive ketones (excluding diaryl/α,β-unsaturated/α-hetero) is 1. The lowest BCUT2D eigenvalue weighted by atomic mass is 9.74. The molecule has 4 saturated heterocycles. The maximum absolute atomic E-state index is 13.1. The number of carbonyl (C=O) groups is 2. The maximum atomic E-state index is 13.1. The van der Waals surface area contributed by atoms with Crippen LogP contribution in [-0.4, -0.2) is 73.2 Å². The van der Waals surface area contributed by atoms with Gasteiger partial charge in [0.2, 0.25) is 5.91 Å². The lowest BCUT2D eigenvalue weighted by Crippen LogP contribution is -2.56. The van der Waals surface area contributed by atoms with Gasteiger partial charge in [0.25, 0.3) is 0 Å². The smallest absolute Gasteiger partial charge is 0.225 e. The largest absolute Gasteiger partial charge is 0.379 e. The molecule has 2 atom stereocenters. The average Bonchev–Trinajstić information content (AvgIpc) is 3.24. The van der Waals surface area contributed by atoms with Crippen molar-refractivity contribution in [1.29, 1.82) is 0 Å². The number of ketones is 1. The van der Waals surface area contributed by atoms with Crippen LogP contribution in [0.2, 0.25) is 0 Å². The molecule has 30 heavy (non-hydrogen) atoms. The van der Waals surface area contributed by atoms with Gasteiger partial charge in [-0.05, 0) is 64.2 Å². The number of nitrogens with zero attached hydrogens (tertiary/aromatic N) is 2. The molecule has 1 saturated carbocycles. The van der Waals surface area contributed by atoms with E-state index < -0.39 is 0 Å². The molecule has 2 unspecified atom stereocenters. The Balaban J connectivity index is 1.07. The fourth-order valence-electron chi connectivity index (χ4n) is 6.42. The van der Waals surface area contributed by atoms with Crippen LogP contribution in [0.4, 0.5) is 0 Å². The van der Waals surface area contributed by atoms with Crippen LogP contribution in [0.15, 0.2) is 0 Å². The molecule has 0 bridgehead atoms. The van der Waals surface area contributed by atoms with Crippen LogP contribution in [0.25, 0.3) is 0 Å². The van der Waals surface area contributed by atoms with Gasteiger partial charge in [-0.25, -0.2) is 5.01 Å². The highest BCUT2D eigenvalue weighted by atomic mass is 16.5. The van der Waals surface area contributed by atoms with Crippen molar-refractivity contribution >= 4 is 11.7 Å². The number of hydrogen-bond donors (Lipinski definition) is 2. The molecule has 1 aliphatic carbocycles. The van der Waals surface area contributed by atoms with Crippen LogP contribution in [0.3, 0.4) is 0 Å². The normalized spacial score (nSPS) is 37.4. The lowest BCUT2D eigenvalue weighted by molar-refractivity contribution is -0.162. The Hall–Kier alpha value is -1.02. The molecule has 0 aromatic rings. The lowest BCUT2D eigenvalue weighted by Gasteiger charge is -2.43. The van der Waals surface area contributed by atoms with Gasteiger partial charge in [-0.3, -0.25) is 20.3 Å². The van der Waals surface area contributed by atoms with E-state index in [-0.39, 0.29) is 17.3 Å². The van der Waals surface area contributed by atoms with E-state index in [0.717, 1.165) is 64.7 Å². The van der Waals surface area contributed by atoms with E-state index in [1.54, 1.807) is 0 Å². The average molecular weight is 419 g/mol. The first kappa shape index (κ1) is 20.9. The van der Waals surface area contributed by atoms with Crippen molar-refractivity contribution in [2.75, 3.05) is 39.4 Å². The van der Waals surface area contributed by atoms with E-state index in [1.807, 2.05) is 11.8 Å². The standard InChI is InChI=1S/C23H38N4O3/c1-23(14-30-15-23)21(28)17-8-11-26(12-9-17)22(29)18-4-2-16(3-5-18)19-6-7-20-24-10-13-27(20)25-19/h16-20,24-25H,2-15H2,1H3. The second-order valence-corrected chi connectivity index (χ2v) is 10.6. The molecule has 1 amide bonds. The summed E-state index contributed by atoms with van der Waals surface area (Å²) in [6, 6.07) is 0.579. The zero-order valence-electron chi connectivity index (χ0n) is 18.4. The molecule has 5 fully saturated rings. The van der Waals surface area contributed by atoms with Gasteiger partial charge in [-0.2, -0.15) is 0 Å². The van der Waals surface area contributed by atoms with Gasteiger partial charge in [0.15, 0.2) is 0 Å². The van der Waals surface area contributed by atoms with Gasteiger partial charge < -0.3 is 9.64 Å². The number of piperidine rings is 1. The minimum Gasteiger partial charge on any atom is -0.379 e. The highest BCUT2D eigenvalue weighted by Gasteiger charge is 2.45. The van der Waals surface area contributed by atoms with Crippen LogP contribution in [0, 0.1) is 23.2 Å². The minimum atomic E-state index is -0.270. The van der Waals surface area contributed by atoms with E-state index in [4.69, 9.17) is 4.74 Å². The van der Waals surface area contributed by atoms with Gasteiger partial charge >= 0.3 is 0 Å². The maximum Gasteiger partial charge on any atom is 0.225 e. The van der Waals surface area contributed by atoms with Crippen LogP contribution in [0.1, 0.15) is 58.3 Å².